The van der Waals surface area contributed by atoms with Crippen molar-refractivity contribution in [3.05, 3.63) is 0 Å². The zero-order valence-electron chi connectivity index (χ0n) is 12.2. The van der Waals surface area contributed by atoms with Crippen LogP contribution >= 0.6 is 0 Å². The second-order valence-corrected chi connectivity index (χ2v) is 6.23. The summed E-state index contributed by atoms with van der Waals surface area (Å²) in [5, 5.41) is 0. The number of hydrogen-bond donors (Lipinski definition) is 0. The average Bonchev–Trinajstić information content (AvgIpc) is 3.03. The minimum Gasteiger partial charge on any atom is -0.0654 e. The summed E-state index contributed by atoms with van der Waals surface area (Å²) in [4.78, 5) is 0. The van der Waals surface area contributed by atoms with Gasteiger partial charge in [-0.3, -0.25) is 0 Å². The van der Waals surface area contributed by atoms with Gasteiger partial charge >= 0.3 is 0 Å². The van der Waals surface area contributed by atoms with Crippen molar-refractivity contribution in [3.63, 3.8) is 0 Å². The molecule has 1 aliphatic carbocycles. The van der Waals surface area contributed by atoms with Crippen LogP contribution in [0.15, 0.2) is 0 Å². The van der Waals surface area contributed by atoms with Crippen LogP contribution in [-0.4, -0.2) is 0 Å². The van der Waals surface area contributed by atoms with E-state index in [0.29, 0.717) is 0 Å². The van der Waals surface area contributed by atoms with Crippen LogP contribution in [0.1, 0.15) is 79.6 Å². The lowest BCUT2D eigenvalue weighted by Crippen LogP contribution is -2.15. The Morgan fingerprint density at radius 1 is 1.12 bits per heavy atom. The Hall–Kier alpha value is 0. The molecule has 0 N–H and O–H groups in total. The highest BCUT2D eigenvalue weighted by atomic mass is 14.6. The summed E-state index contributed by atoms with van der Waals surface area (Å²) < 4.78 is 0. The highest BCUT2D eigenvalue weighted by Gasteiger charge is 2.54. The second kappa shape index (κ2) is 6.07. The van der Waals surface area contributed by atoms with Crippen molar-refractivity contribution in [2.45, 2.75) is 79.6 Å². The first-order valence-corrected chi connectivity index (χ1v) is 7.61. The van der Waals surface area contributed by atoms with Crippen molar-refractivity contribution in [3.8, 4) is 0 Å². The Kier molecular flexibility index (Phi) is 5.34. The molecule has 1 fully saturated rings. The molecule has 96 valence electrons. The third-order valence-corrected chi connectivity index (χ3v) is 5.41. The molecule has 0 radical (unpaired) electrons. The number of unbranched alkanes of at least 4 members (excludes halogenated alkanes) is 2. The largest absolute Gasteiger partial charge is 0.0654 e. The molecule has 0 saturated heterocycles. The van der Waals surface area contributed by atoms with E-state index in [1.54, 1.807) is 0 Å². The van der Waals surface area contributed by atoms with Crippen LogP contribution < -0.4 is 0 Å². The fraction of sp³-hybridized carbons (Fsp3) is 1.00. The maximum Gasteiger partial charge on any atom is -0.0266 e. The molecular weight excluding hydrogens is 192 g/mol. The summed E-state index contributed by atoms with van der Waals surface area (Å²) in [6, 6.07) is 0. The minimum atomic E-state index is 0.762. The van der Waals surface area contributed by atoms with Crippen LogP contribution in [0.5, 0.6) is 0 Å². The van der Waals surface area contributed by atoms with Crippen molar-refractivity contribution in [1.82, 2.24) is 0 Å². The van der Waals surface area contributed by atoms with Gasteiger partial charge < -0.3 is 0 Å². The molecule has 0 heterocycles. The first kappa shape index (κ1) is 14.1. The summed E-state index contributed by atoms with van der Waals surface area (Å²) >= 11 is 0. The molecule has 1 rings (SSSR count). The maximum absolute atomic E-state index is 2.50. The SMILES string of the molecule is CCCCCC1(CC)CC1C(C)C(C)CC. The summed E-state index contributed by atoms with van der Waals surface area (Å²) in [5.74, 6) is 2.92. The molecule has 0 heteroatoms. The Balaban J connectivity index is 2.41. The Morgan fingerprint density at radius 3 is 2.31 bits per heavy atom. The molecule has 16 heavy (non-hydrogen) atoms. The van der Waals surface area contributed by atoms with Gasteiger partial charge in [-0.25, -0.2) is 0 Å². The van der Waals surface area contributed by atoms with Gasteiger partial charge in [-0.05, 0) is 36.0 Å². The highest BCUT2D eigenvalue weighted by Crippen LogP contribution is 2.63. The van der Waals surface area contributed by atoms with Crippen LogP contribution in [0, 0.1) is 23.2 Å². The summed E-state index contributed by atoms with van der Waals surface area (Å²) in [7, 11) is 0. The molecule has 4 atom stereocenters. The van der Waals surface area contributed by atoms with E-state index >= 15 is 0 Å². The van der Waals surface area contributed by atoms with Gasteiger partial charge in [0.1, 0.15) is 0 Å². The van der Waals surface area contributed by atoms with E-state index in [4.69, 9.17) is 0 Å². The molecule has 0 aromatic carbocycles. The Morgan fingerprint density at radius 2 is 1.81 bits per heavy atom. The average molecular weight is 224 g/mol. The third kappa shape index (κ3) is 3.02. The quantitative estimate of drug-likeness (QED) is 0.466. The lowest BCUT2D eigenvalue weighted by molar-refractivity contribution is 0.267. The molecule has 0 amide bonds. The van der Waals surface area contributed by atoms with Gasteiger partial charge in [0, 0.05) is 0 Å². The van der Waals surface area contributed by atoms with Gasteiger partial charge in [0.25, 0.3) is 0 Å². The number of hydrogen-bond acceptors (Lipinski definition) is 0. The molecule has 0 aromatic heterocycles. The fourth-order valence-electron chi connectivity index (χ4n) is 3.49. The Labute approximate surface area is 103 Å². The van der Waals surface area contributed by atoms with Crippen molar-refractivity contribution in [2.24, 2.45) is 23.2 Å². The van der Waals surface area contributed by atoms with Crippen molar-refractivity contribution in [2.75, 3.05) is 0 Å². The highest BCUT2D eigenvalue weighted by molar-refractivity contribution is 5.03. The van der Waals surface area contributed by atoms with Crippen LogP contribution in [0.3, 0.4) is 0 Å². The Bertz CT molecular complexity index is 196. The normalized spacial score (nSPS) is 32.4. The standard InChI is InChI=1S/C16H32/c1-6-9-10-11-16(8-3)12-15(16)14(5)13(4)7-2/h13-15H,6-12H2,1-5H3. The van der Waals surface area contributed by atoms with E-state index in [1.807, 2.05) is 0 Å². The minimum absolute atomic E-state index is 0.762. The van der Waals surface area contributed by atoms with Crippen LogP contribution in [0.4, 0.5) is 0 Å². The molecule has 4 unspecified atom stereocenters. The van der Waals surface area contributed by atoms with E-state index in [2.05, 4.69) is 34.6 Å². The lowest BCUT2D eigenvalue weighted by Gasteiger charge is -2.23. The predicted octanol–water partition coefficient (Wildman–Crippen LogP) is 5.67. The second-order valence-electron chi connectivity index (χ2n) is 6.23. The fourth-order valence-corrected chi connectivity index (χ4v) is 3.49. The van der Waals surface area contributed by atoms with Crippen molar-refractivity contribution < 1.29 is 0 Å². The smallest absolute Gasteiger partial charge is 0.0266 e. The van der Waals surface area contributed by atoms with Crippen molar-refractivity contribution >= 4 is 0 Å². The maximum atomic E-state index is 2.50. The predicted molar refractivity (Wildman–Crippen MR) is 73.6 cm³/mol. The van der Waals surface area contributed by atoms with Crippen LogP contribution in [0.25, 0.3) is 0 Å². The van der Waals surface area contributed by atoms with Gasteiger partial charge in [0.2, 0.25) is 0 Å². The molecule has 1 aliphatic rings. The lowest BCUT2D eigenvalue weighted by atomic mass is 9.82. The molecule has 0 aromatic rings. The summed E-state index contributed by atoms with van der Waals surface area (Å²) in [6.45, 7) is 12.0. The van der Waals surface area contributed by atoms with E-state index in [0.717, 1.165) is 23.2 Å². The van der Waals surface area contributed by atoms with Gasteiger partial charge in [0.05, 0.1) is 0 Å². The molecule has 0 spiro atoms. The summed E-state index contributed by atoms with van der Waals surface area (Å²) in [6.07, 6.45) is 10.1. The van der Waals surface area contributed by atoms with Gasteiger partial charge in [-0.2, -0.15) is 0 Å². The van der Waals surface area contributed by atoms with Gasteiger partial charge in [-0.15, -0.1) is 0 Å². The molecule has 0 bridgehead atoms. The number of rotatable bonds is 8. The molecule has 0 aliphatic heterocycles. The van der Waals surface area contributed by atoms with Crippen LogP contribution in [-0.2, 0) is 0 Å². The molecule has 1 saturated carbocycles. The van der Waals surface area contributed by atoms with Crippen molar-refractivity contribution in [1.29, 1.82) is 0 Å². The van der Waals surface area contributed by atoms with E-state index in [1.165, 1.54) is 44.9 Å². The topological polar surface area (TPSA) is 0 Å². The van der Waals surface area contributed by atoms with E-state index in [-0.39, 0.29) is 0 Å². The summed E-state index contributed by atoms with van der Waals surface area (Å²) in [5.41, 5.74) is 0.762. The molecular formula is C16H32. The van der Waals surface area contributed by atoms with Gasteiger partial charge in [-0.1, -0.05) is 66.7 Å². The first-order valence-electron chi connectivity index (χ1n) is 7.61. The third-order valence-electron chi connectivity index (χ3n) is 5.41. The first-order chi connectivity index (χ1) is 7.61. The van der Waals surface area contributed by atoms with Gasteiger partial charge in [0.15, 0.2) is 0 Å². The van der Waals surface area contributed by atoms with Crippen LogP contribution in [0.2, 0.25) is 0 Å². The molecule has 0 nitrogen and oxygen atoms in total. The van der Waals surface area contributed by atoms with E-state index in [9.17, 15) is 0 Å². The van der Waals surface area contributed by atoms with E-state index < -0.39 is 0 Å². The zero-order chi connectivity index (χ0) is 12.2. The monoisotopic (exact) mass is 224 g/mol. The zero-order valence-corrected chi connectivity index (χ0v) is 12.2.